The van der Waals surface area contributed by atoms with Crippen molar-refractivity contribution < 1.29 is 9.53 Å². The van der Waals surface area contributed by atoms with Gasteiger partial charge < -0.3 is 9.64 Å². The summed E-state index contributed by atoms with van der Waals surface area (Å²) in [6, 6.07) is 8.86. The fourth-order valence-corrected chi connectivity index (χ4v) is 5.70. The fraction of sp³-hybridized carbons (Fsp3) is 0.500. The van der Waals surface area contributed by atoms with Crippen molar-refractivity contribution in [1.29, 1.82) is 0 Å². The summed E-state index contributed by atoms with van der Waals surface area (Å²) in [5.41, 5.74) is 2.60. The number of halogens is 1. The Morgan fingerprint density at radius 3 is 2.86 bits per heavy atom. The Morgan fingerprint density at radius 2 is 2.07 bits per heavy atom. The van der Waals surface area contributed by atoms with Crippen molar-refractivity contribution >= 4 is 33.2 Å². The molecule has 0 atom stereocenters. The highest BCUT2D eigenvalue weighted by Gasteiger charge is 2.29. The number of fused-ring (bicyclic) bond motifs is 1. The van der Waals surface area contributed by atoms with E-state index in [1.54, 1.807) is 12.0 Å². The molecule has 1 fully saturated rings. The zero-order chi connectivity index (χ0) is 19.5. The third-order valence-electron chi connectivity index (χ3n) is 6.02. The van der Waals surface area contributed by atoms with Crippen LogP contribution < -0.4 is 4.74 Å². The number of methoxy groups -OCH3 is 1. The van der Waals surface area contributed by atoms with Crippen LogP contribution in [0.15, 0.2) is 34.1 Å². The second-order valence-corrected chi connectivity index (χ2v) is 9.57. The average Bonchev–Trinajstić information content (AvgIpc) is 3.20. The van der Waals surface area contributed by atoms with Gasteiger partial charge in [0.25, 0.3) is 0 Å². The quantitative estimate of drug-likeness (QED) is 0.655. The van der Waals surface area contributed by atoms with Crippen molar-refractivity contribution in [3.8, 4) is 5.75 Å². The Balaban J connectivity index is 1.27. The lowest BCUT2D eigenvalue weighted by Gasteiger charge is -2.40. The third-order valence-corrected chi connectivity index (χ3v) is 7.54. The van der Waals surface area contributed by atoms with Crippen molar-refractivity contribution in [3.63, 3.8) is 0 Å². The second kappa shape index (κ2) is 8.97. The monoisotopic (exact) mass is 462 g/mol. The van der Waals surface area contributed by atoms with Gasteiger partial charge in [0.1, 0.15) is 5.75 Å². The molecule has 150 valence electrons. The van der Waals surface area contributed by atoms with Gasteiger partial charge in [-0.1, -0.05) is 15.9 Å². The summed E-state index contributed by atoms with van der Waals surface area (Å²) in [5.74, 6) is 1.12. The number of carbonyl (C=O) groups is 1. The molecule has 0 unspecified atom stereocenters. The predicted molar refractivity (Wildman–Crippen MR) is 117 cm³/mol. The Bertz CT molecular complexity index is 830. The number of aryl methyl sites for hydroxylation is 1. The van der Waals surface area contributed by atoms with Crippen LogP contribution in [0.2, 0.25) is 0 Å². The van der Waals surface area contributed by atoms with Crippen molar-refractivity contribution in [1.82, 2.24) is 9.80 Å². The van der Waals surface area contributed by atoms with Crippen molar-refractivity contribution in [3.05, 3.63) is 50.1 Å². The topological polar surface area (TPSA) is 32.8 Å². The predicted octanol–water partition coefficient (Wildman–Crippen LogP) is 4.50. The first-order valence-corrected chi connectivity index (χ1v) is 11.7. The number of amides is 1. The van der Waals surface area contributed by atoms with Gasteiger partial charge in [-0.15, -0.1) is 11.3 Å². The largest absolute Gasteiger partial charge is 0.496 e. The maximum absolute atomic E-state index is 12.7. The van der Waals surface area contributed by atoms with Gasteiger partial charge in [0.2, 0.25) is 5.91 Å². The molecule has 28 heavy (non-hydrogen) atoms. The first-order valence-electron chi connectivity index (χ1n) is 10.0. The van der Waals surface area contributed by atoms with E-state index in [1.807, 2.05) is 29.5 Å². The molecule has 3 heterocycles. The molecule has 0 bridgehead atoms. The third kappa shape index (κ3) is 4.44. The number of benzene rings is 1. The van der Waals surface area contributed by atoms with E-state index in [4.69, 9.17) is 4.74 Å². The maximum atomic E-state index is 12.7. The van der Waals surface area contributed by atoms with Crippen molar-refractivity contribution in [2.45, 2.75) is 44.7 Å². The molecule has 4 nitrogen and oxygen atoms in total. The molecule has 4 rings (SSSR count). The Labute approximate surface area is 179 Å². The SMILES string of the molecule is COc1ccc(Br)cc1CCC(=O)N1CCC(N2CCc3sccc3C2)CC1. The van der Waals surface area contributed by atoms with Crippen molar-refractivity contribution in [2.24, 2.45) is 0 Å². The Kier molecular flexibility index (Phi) is 6.38. The highest BCUT2D eigenvalue weighted by atomic mass is 79.9. The van der Waals surface area contributed by atoms with Crippen LogP contribution in [0.1, 0.15) is 35.3 Å². The lowest BCUT2D eigenvalue weighted by atomic mass is 9.99. The molecule has 1 amide bonds. The summed E-state index contributed by atoms with van der Waals surface area (Å²) in [4.78, 5) is 19.0. The van der Waals surface area contributed by atoms with Gasteiger partial charge in [-0.3, -0.25) is 9.69 Å². The highest BCUT2D eigenvalue weighted by Crippen LogP contribution is 2.28. The summed E-state index contributed by atoms with van der Waals surface area (Å²) in [7, 11) is 1.68. The second-order valence-electron chi connectivity index (χ2n) is 7.66. The first kappa shape index (κ1) is 19.9. The molecule has 0 radical (unpaired) electrons. The molecule has 0 spiro atoms. The van der Waals surface area contributed by atoms with E-state index in [2.05, 4.69) is 37.2 Å². The number of ether oxygens (including phenoxy) is 1. The standard InChI is InChI=1S/C22H27BrN2O2S/c1-27-20-4-3-18(23)14-16(20)2-5-22(26)24-10-6-19(7-11-24)25-12-8-21-17(15-25)9-13-28-21/h3-4,9,13-14,19H,2,5-8,10-12,15H2,1H3. The van der Waals surface area contributed by atoms with Gasteiger partial charge >= 0.3 is 0 Å². The van der Waals surface area contributed by atoms with E-state index in [0.717, 1.165) is 54.8 Å². The van der Waals surface area contributed by atoms with Gasteiger partial charge in [0, 0.05) is 48.0 Å². The van der Waals surface area contributed by atoms with Crippen LogP contribution >= 0.6 is 27.3 Å². The zero-order valence-electron chi connectivity index (χ0n) is 16.3. The molecule has 2 aliphatic heterocycles. The average molecular weight is 463 g/mol. The smallest absolute Gasteiger partial charge is 0.222 e. The lowest BCUT2D eigenvalue weighted by Crippen LogP contribution is -2.47. The van der Waals surface area contributed by atoms with E-state index in [-0.39, 0.29) is 5.91 Å². The lowest BCUT2D eigenvalue weighted by molar-refractivity contribution is -0.132. The molecule has 0 saturated carbocycles. The molecule has 1 aromatic heterocycles. The highest BCUT2D eigenvalue weighted by molar-refractivity contribution is 9.10. The Hall–Kier alpha value is -1.37. The van der Waals surface area contributed by atoms with Crippen LogP contribution in [0, 0.1) is 0 Å². The van der Waals surface area contributed by atoms with Gasteiger partial charge in [-0.05, 0) is 66.5 Å². The van der Waals surface area contributed by atoms with Gasteiger partial charge in [-0.2, -0.15) is 0 Å². The number of piperidine rings is 1. The molecule has 6 heteroatoms. The number of rotatable bonds is 5. The molecule has 0 N–H and O–H groups in total. The number of carbonyl (C=O) groups excluding carboxylic acids is 1. The van der Waals surface area contributed by atoms with E-state index in [1.165, 1.54) is 12.0 Å². The number of thiophene rings is 1. The summed E-state index contributed by atoms with van der Waals surface area (Å²) < 4.78 is 6.45. The van der Waals surface area contributed by atoms with E-state index >= 15 is 0 Å². The fourth-order valence-electron chi connectivity index (χ4n) is 4.40. The van der Waals surface area contributed by atoms with Crippen molar-refractivity contribution in [2.75, 3.05) is 26.7 Å². The van der Waals surface area contributed by atoms with E-state index < -0.39 is 0 Å². The molecular formula is C22H27BrN2O2S. The normalized spacial score (nSPS) is 18.1. The molecule has 2 aromatic rings. The minimum absolute atomic E-state index is 0.263. The minimum Gasteiger partial charge on any atom is -0.496 e. The van der Waals surface area contributed by atoms with Crippen LogP contribution in [0.3, 0.4) is 0 Å². The number of hydrogen-bond acceptors (Lipinski definition) is 4. The van der Waals surface area contributed by atoms with Gasteiger partial charge in [0.05, 0.1) is 7.11 Å². The van der Waals surface area contributed by atoms with Crippen LogP contribution in [-0.2, 0) is 24.2 Å². The van der Waals surface area contributed by atoms with Crippen LogP contribution in [0.5, 0.6) is 5.75 Å². The van der Waals surface area contributed by atoms with Crippen LogP contribution in [0.4, 0.5) is 0 Å². The number of hydrogen-bond donors (Lipinski definition) is 0. The summed E-state index contributed by atoms with van der Waals surface area (Å²) >= 11 is 5.40. The van der Waals surface area contributed by atoms with E-state index in [9.17, 15) is 4.79 Å². The number of nitrogens with zero attached hydrogens (tertiary/aromatic N) is 2. The molecule has 2 aliphatic rings. The van der Waals surface area contributed by atoms with E-state index in [0.29, 0.717) is 18.9 Å². The van der Waals surface area contributed by atoms with Gasteiger partial charge in [-0.25, -0.2) is 0 Å². The summed E-state index contributed by atoms with van der Waals surface area (Å²) in [5, 5.41) is 2.22. The van der Waals surface area contributed by atoms with Crippen LogP contribution in [-0.4, -0.2) is 48.5 Å². The molecule has 0 aliphatic carbocycles. The Morgan fingerprint density at radius 1 is 1.25 bits per heavy atom. The summed E-state index contributed by atoms with van der Waals surface area (Å²) in [6.45, 7) is 4.01. The van der Waals surface area contributed by atoms with Crippen LogP contribution in [0.25, 0.3) is 0 Å². The maximum Gasteiger partial charge on any atom is 0.222 e. The summed E-state index contributed by atoms with van der Waals surface area (Å²) in [6.07, 6.45) is 4.62. The molecular weight excluding hydrogens is 436 g/mol. The molecule has 1 saturated heterocycles. The minimum atomic E-state index is 0.263. The molecule has 1 aromatic carbocycles. The first-order chi connectivity index (χ1) is 13.6. The number of likely N-dealkylation sites (tertiary alicyclic amines) is 1. The zero-order valence-corrected chi connectivity index (χ0v) is 18.7. The van der Waals surface area contributed by atoms with Gasteiger partial charge in [0.15, 0.2) is 0 Å².